The van der Waals surface area contributed by atoms with Crippen molar-refractivity contribution in [2.45, 2.75) is 19.3 Å². The van der Waals surface area contributed by atoms with E-state index >= 15 is 0 Å². The lowest BCUT2D eigenvalue weighted by atomic mass is 9.86. The van der Waals surface area contributed by atoms with E-state index in [0.29, 0.717) is 12.2 Å². The molecule has 0 atom stereocenters. The van der Waals surface area contributed by atoms with Gasteiger partial charge in [0.15, 0.2) is 0 Å². The molecule has 0 spiro atoms. The summed E-state index contributed by atoms with van der Waals surface area (Å²) >= 11 is 0. The van der Waals surface area contributed by atoms with E-state index in [9.17, 15) is 4.79 Å². The molecule has 1 aromatic carbocycles. The number of nitrogen functional groups attached to an aromatic ring is 1. The summed E-state index contributed by atoms with van der Waals surface area (Å²) in [5.74, 6) is 5.66. The van der Waals surface area contributed by atoms with Crippen LogP contribution in [-0.4, -0.2) is 12.5 Å². The minimum absolute atomic E-state index is 0.0414. The third-order valence-electron chi connectivity index (χ3n) is 2.69. The molecule has 2 rings (SSSR count). The fraction of sp³-hybridized carbons (Fsp3) is 0.364. The van der Waals surface area contributed by atoms with Crippen molar-refractivity contribution < 1.29 is 9.53 Å². The molecule has 1 aliphatic heterocycles. The first-order valence-electron chi connectivity index (χ1n) is 4.83. The van der Waals surface area contributed by atoms with E-state index in [0.717, 1.165) is 11.3 Å². The number of rotatable bonds is 1. The van der Waals surface area contributed by atoms with Gasteiger partial charge in [-0.1, -0.05) is 13.8 Å². The Balaban J connectivity index is 2.46. The highest BCUT2D eigenvalue weighted by Crippen LogP contribution is 2.38. The lowest BCUT2D eigenvalue weighted by molar-refractivity contribution is 0.0953. The number of nitrogens with one attached hydrogen (secondary N) is 1. The fourth-order valence-electron chi connectivity index (χ4n) is 1.75. The minimum Gasteiger partial charge on any atom is -0.492 e. The van der Waals surface area contributed by atoms with Gasteiger partial charge in [-0.3, -0.25) is 10.2 Å². The Kier molecular flexibility index (Phi) is 2.16. The van der Waals surface area contributed by atoms with Crippen molar-refractivity contribution in [2.75, 3.05) is 6.61 Å². The number of ether oxygens (including phenoxy) is 1. The van der Waals surface area contributed by atoms with Gasteiger partial charge in [-0.15, -0.1) is 0 Å². The van der Waals surface area contributed by atoms with E-state index < -0.39 is 0 Å². The van der Waals surface area contributed by atoms with Crippen LogP contribution in [0.3, 0.4) is 0 Å². The predicted octanol–water partition coefficient (Wildman–Crippen LogP) is 0.960. The Morgan fingerprint density at radius 2 is 2.27 bits per heavy atom. The summed E-state index contributed by atoms with van der Waals surface area (Å²) in [6.07, 6.45) is 0. The Labute approximate surface area is 88.4 Å². The van der Waals surface area contributed by atoms with Crippen LogP contribution in [0.25, 0.3) is 0 Å². The summed E-state index contributed by atoms with van der Waals surface area (Å²) < 4.78 is 5.52. The van der Waals surface area contributed by atoms with E-state index in [1.807, 2.05) is 12.1 Å². The second-order valence-electron chi connectivity index (χ2n) is 4.36. The molecule has 0 fully saturated rings. The normalized spacial score (nSPS) is 16.7. The van der Waals surface area contributed by atoms with Crippen molar-refractivity contribution in [3.63, 3.8) is 0 Å². The van der Waals surface area contributed by atoms with Crippen LogP contribution in [-0.2, 0) is 5.41 Å². The van der Waals surface area contributed by atoms with Crippen LogP contribution in [0.15, 0.2) is 18.2 Å². The third kappa shape index (κ3) is 1.57. The molecule has 80 valence electrons. The highest BCUT2D eigenvalue weighted by Gasteiger charge is 2.32. The summed E-state index contributed by atoms with van der Waals surface area (Å²) in [4.78, 5) is 11.3. The predicted molar refractivity (Wildman–Crippen MR) is 56.6 cm³/mol. The number of hydrogen-bond acceptors (Lipinski definition) is 3. The first kappa shape index (κ1) is 9.98. The summed E-state index contributed by atoms with van der Waals surface area (Å²) in [6, 6.07) is 5.36. The molecule has 0 radical (unpaired) electrons. The van der Waals surface area contributed by atoms with Crippen LogP contribution in [0.4, 0.5) is 0 Å². The molecule has 3 N–H and O–H groups in total. The molecule has 4 heteroatoms. The number of benzene rings is 1. The summed E-state index contributed by atoms with van der Waals surface area (Å²) in [5, 5.41) is 0. The van der Waals surface area contributed by atoms with Crippen molar-refractivity contribution >= 4 is 5.91 Å². The van der Waals surface area contributed by atoms with E-state index in [1.54, 1.807) is 6.07 Å². The molecule has 1 heterocycles. The van der Waals surface area contributed by atoms with Gasteiger partial charge in [-0.05, 0) is 18.2 Å². The molecule has 0 aliphatic carbocycles. The quantitative estimate of drug-likeness (QED) is 0.408. The second kappa shape index (κ2) is 3.24. The van der Waals surface area contributed by atoms with Gasteiger partial charge in [0.2, 0.25) is 0 Å². The maximum Gasteiger partial charge on any atom is 0.265 e. The number of hydrazine groups is 1. The largest absolute Gasteiger partial charge is 0.492 e. The van der Waals surface area contributed by atoms with Crippen LogP contribution >= 0.6 is 0 Å². The first-order valence-corrected chi connectivity index (χ1v) is 4.83. The highest BCUT2D eigenvalue weighted by atomic mass is 16.5. The Morgan fingerprint density at radius 1 is 1.53 bits per heavy atom. The number of amides is 1. The average molecular weight is 206 g/mol. The molecule has 1 amide bonds. The zero-order valence-corrected chi connectivity index (χ0v) is 8.83. The zero-order chi connectivity index (χ0) is 11.1. The number of hydrogen-bond donors (Lipinski definition) is 2. The van der Waals surface area contributed by atoms with Gasteiger partial charge < -0.3 is 4.74 Å². The zero-order valence-electron chi connectivity index (χ0n) is 8.83. The third-order valence-corrected chi connectivity index (χ3v) is 2.69. The highest BCUT2D eigenvalue weighted by molar-refractivity contribution is 5.94. The maximum absolute atomic E-state index is 11.3. The lowest BCUT2D eigenvalue weighted by Gasteiger charge is -2.15. The first-order chi connectivity index (χ1) is 7.04. The van der Waals surface area contributed by atoms with E-state index in [4.69, 9.17) is 10.6 Å². The maximum atomic E-state index is 11.3. The Morgan fingerprint density at radius 3 is 2.93 bits per heavy atom. The van der Waals surface area contributed by atoms with Crippen molar-refractivity contribution in [1.29, 1.82) is 0 Å². The van der Waals surface area contributed by atoms with Gasteiger partial charge in [-0.25, -0.2) is 5.84 Å². The molecular formula is C11H14N2O2. The van der Waals surface area contributed by atoms with E-state index in [2.05, 4.69) is 19.3 Å². The van der Waals surface area contributed by atoms with E-state index in [-0.39, 0.29) is 11.3 Å². The van der Waals surface area contributed by atoms with Crippen molar-refractivity contribution in [3.05, 3.63) is 29.3 Å². The van der Waals surface area contributed by atoms with E-state index in [1.165, 1.54) is 0 Å². The van der Waals surface area contributed by atoms with Crippen LogP contribution in [0.2, 0.25) is 0 Å². The van der Waals surface area contributed by atoms with Crippen molar-refractivity contribution in [2.24, 2.45) is 5.84 Å². The lowest BCUT2D eigenvalue weighted by Crippen LogP contribution is -2.30. The fourth-order valence-corrected chi connectivity index (χ4v) is 1.75. The molecule has 0 unspecified atom stereocenters. The average Bonchev–Trinajstić information content (AvgIpc) is 2.53. The molecular weight excluding hydrogens is 192 g/mol. The smallest absolute Gasteiger partial charge is 0.265 e. The van der Waals surface area contributed by atoms with Crippen LogP contribution in [0.5, 0.6) is 5.75 Å². The van der Waals surface area contributed by atoms with Gasteiger partial charge in [0.25, 0.3) is 5.91 Å². The Hall–Kier alpha value is -1.55. The van der Waals surface area contributed by atoms with Crippen LogP contribution in [0, 0.1) is 0 Å². The summed E-state index contributed by atoms with van der Waals surface area (Å²) in [5.41, 5.74) is 3.70. The topological polar surface area (TPSA) is 64.3 Å². The van der Waals surface area contributed by atoms with Crippen molar-refractivity contribution in [1.82, 2.24) is 5.43 Å². The number of carbonyl (C=O) groups is 1. The van der Waals surface area contributed by atoms with Crippen molar-refractivity contribution in [3.8, 4) is 5.75 Å². The second-order valence-corrected chi connectivity index (χ2v) is 4.36. The van der Waals surface area contributed by atoms with Crippen LogP contribution < -0.4 is 16.0 Å². The SMILES string of the molecule is CC1(C)COc2ccc(C(=O)NN)cc21. The minimum atomic E-state index is -0.277. The molecule has 0 aromatic heterocycles. The molecule has 0 saturated carbocycles. The van der Waals surface area contributed by atoms with Gasteiger partial charge >= 0.3 is 0 Å². The Bertz CT molecular complexity index is 413. The molecule has 0 bridgehead atoms. The monoisotopic (exact) mass is 206 g/mol. The summed E-state index contributed by atoms with van der Waals surface area (Å²) in [6.45, 7) is 4.82. The number of nitrogens with two attached hydrogens (primary N) is 1. The van der Waals surface area contributed by atoms with Crippen LogP contribution in [0.1, 0.15) is 29.8 Å². The van der Waals surface area contributed by atoms with Gasteiger partial charge in [-0.2, -0.15) is 0 Å². The molecule has 1 aliphatic rings. The van der Waals surface area contributed by atoms with Gasteiger partial charge in [0.1, 0.15) is 5.75 Å². The molecule has 0 saturated heterocycles. The molecule has 15 heavy (non-hydrogen) atoms. The standard InChI is InChI=1S/C11H14N2O2/c1-11(2)6-15-9-4-3-7(5-8(9)11)10(14)13-12/h3-5H,6,12H2,1-2H3,(H,13,14). The number of fused-ring (bicyclic) bond motifs is 1. The molecule has 4 nitrogen and oxygen atoms in total. The number of carbonyl (C=O) groups excluding carboxylic acids is 1. The van der Waals surface area contributed by atoms with Gasteiger partial charge in [0, 0.05) is 16.5 Å². The molecule has 1 aromatic rings. The van der Waals surface area contributed by atoms with Gasteiger partial charge in [0.05, 0.1) is 6.61 Å². The summed E-state index contributed by atoms with van der Waals surface area (Å²) in [7, 11) is 0.